The normalized spacial score (nSPS) is 19.4. The molecule has 2 aromatic rings. The standard InChI is InChI=1S/C22H25NO5/c1-12(24)23-17-6-13-8-19(25-2)21(27-4)10-15(13)18(23)7-14-9-20(26-3)22(28-5)11-16(14)17/h8-11,17-18H,6-7H2,1-5H3/t17-,18-/m0/s1. The number of carbonyl (C=O) groups excluding carboxylic acids is 1. The molecule has 0 aliphatic carbocycles. The third kappa shape index (κ3) is 2.66. The van der Waals surface area contributed by atoms with Gasteiger partial charge in [-0.05, 0) is 59.4 Å². The van der Waals surface area contributed by atoms with Crippen LogP contribution < -0.4 is 18.9 Å². The van der Waals surface area contributed by atoms with Crippen molar-refractivity contribution in [2.75, 3.05) is 28.4 Å². The number of amides is 1. The highest BCUT2D eigenvalue weighted by Gasteiger charge is 2.42. The van der Waals surface area contributed by atoms with Crippen molar-refractivity contribution in [1.29, 1.82) is 0 Å². The summed E-state index contributed by atoms with van der Waals surface area (Å²) in [5.41, 5.74) is 4.60. The second-order valence-corrected chi connectivity index (χ2v) is 7.18. The lowest BCUT2D eigenvalue weighted by molar-refractivity contribution is -0.135. The predicted octanol–water partition coefficient (Wildman–Crippen LogP) is 3.46. The van der Waals surface area contributed by atoms with Gasteiger partial charge in [0.05, 0.1) is 40.5 Å². The number of methoxy groups -OCH3 is 4. The molecule has 2 aliphatic heterocycles. The summed E-state index contributed by atoms with van der Waals surface area (Å²) >= 11 is 0. The molecular weight excluding hydrogens is 358 g/mol. The summed E-state index contributed by atoms with van der Waals surface area (Å²) in [5.74, 6) is 2.85. The van der Waals surface area contributed by atoms with E-state index in [2.05, 4.69) is 0 Å². The molecule has 2 aromatic carbocycles. The fourth-order valence-corrected chi connectivity index (χ4v) is 4.64. The summed E-state index contributed by atoms with van der Waals surface area (Å²) in [5, 5.41) is 0. The largest absolute Gasteiger partial charge is 0.493 e. The van der Waals surface area contributed by atoms with E-state index in [4.69, 9.17) is 18.9 Å². The Morgan fingerprint density at radius 2 is 1.11 bits per heavy atom. The first-order valence-corrected chi connectivity index (χ1v) is 9.30. The first-order valence-electron chi connectivity index (χ1n) is 9.30. The topological polar surface area (TPSA) is 57.2 Å². The van der Waals surface area contributed by atoms with Crippen LogP contribution in [0.2, 0.25) is 0 Å². The molecule has 2 heterocycles. The minimum Gasteiger partial charge on any atom is -0.493 e. The van der Waals surface area contributed by atoms with Crippen LogP contribution in [0.3, 0.4) is 0 Å². The molecule has 0 unspecified atom stereocenters. The first-order chi connectivity index (χ1) is 13.5. The van der Waals surface area contributed by atoms with Crippen molar-refractivity contribution in [1.82, 2.24) is 4.90 Å². The van der Waals surface area contributed by atoms with Crippen molar-refractivity contribution < 1.29 is 23.7 Å². The predicted molar refractivity (Wildman–Crippen MR) is 105 cm³/mol. The molecule has 0 spiro atoms. The maximum atomic E-state index is 12.6. The number of hydrogen-bond donors (Lipinski definition) is 0. The molecule has 0 fully saturated rings. The van der Waals surface area contributed by atoms with Crippen molar-refractivity contribution in [2.24, 2.45) is 0 Å². The van der Waals surface area contributed by atoms with Crippen LogP contribution in [0.25, 0.3) is 0 Å². The average Bonchev–Trinajstić information content (AvgIpc) is 2.71. The van der Waals surface area contributed by atoms with E-state index in [1.807, 2.05) is 29.2 Å². The maximum absolute atomic E-state index is 12.6. The van der Waals surface area contributed by atoms with Gasteiger partial charge in [0.1, 0.15) is 0 Å². The quantitative estimate of drug-likeness (QED) is 0.809. The zero-order valence-corrected chi connectivity index (χ0v) is 16.9. The molecule has 148 valence electrons. The average molecular weight is 383 g/mol. The lowest BCUT2D eigenvalue weighted by Crippen LogP contribution is -2.45. The highest BCUT2D eigenvalue weighted by Crippen LogP contribution is 2.51. The maximum Gasteiger partial charge on any atom is 0.220 e. The van der Waals surface area contributed by atoms with E-state index in [1.54, 1.807) is 35.4 Å². The molecule has 0 aromatic heterocycles. The molecule has 0 saturated carbocycles. The van der Waals surface area contributed by atoms with E-state index in [9.17, 15) is 4.79 Å². The third-order valence-corrected chi connectivity index (χ3v) is 5.87. The monoisotopic (exact) mass is 383 g/mol. The van der Waals surface area contributed by atoms with Crippen LogP contribution in [0, 0.1) is 0 Å². The summed E-state index contributed by atoms with van der Waals surface area (Å²) in [6, 6.07) is 8.01. The Morgan fingerprint density at radius 3 is 1.43 bits per heavy atom. The van der Waals surface area contributed by atoms with Crippen LogP contribution in [-0.4, -0.2) is 39.2 Å². The Labute approximate surface area is 165 Å². The summed E-state index contributed by atoms with van der Waals surface area (Å²) in [6.07, 6.45) is 1.43. The summed E-state index contributed by atoms with van der Waals surface area (Å²) in [4.78, 5) is 14.6. The number of ether oxygens (including phenoxy) is 4. The number of nitrogens with zero attached hydrogens (tertiary/aromatic N) is 1. The molecule has 0 radical (unpaired) electrons. The highest BCUT2D eigenvalue weighted by molar-refractivity contribution is 5.76. The molecule has 6 heteroatoms. The number of rotatable bonds is 4. The van der Waals surface area contributed by atoms with E-state index in [-0.39, 0.29) is 18.0 Å². The number of hydrogen-bond acceptors (Lipinski definition) is 5. The molecule has 2 bridgehead atoms. The van der Waals surface area contributed by atoms with Gasteiger partial charge >= 0.3 is 0 Å². The Kier molecular flexibility index (Phi) is 4.57. The fourth-order valence-electron chi connectivity index (χ4n) is 4.64. The third-order valence-electron chi connectivity index (χ3n) is 5.87. The Balaban J connectivity index is 1.89. The van der Waals surface area contributed by atoms with Gasteiger partial charge < -0.3 is 23.8 Å². The molecule has 4 rings (SSSR count). The van der Waals surface area contributed by atoms with Gasteiger partial charge in [-0.25, -0.2) is 0 Å². The molecule has 0 N–H and O–H groups in total. The molecule has 28 heavy (non-hydrogen) atoms. The number of carbonyl (C=O) groups is 1. The smallest absolute Gasteiger partial charge is 0.220 e. The Hall–Kier alpha value is -2.89. The van der Waals surface area contributed by atoms with E-state index in [0.717, 1.165) is 11.1 Å². The molecule has 2 atom stereocenters. The second-order valence-electron chi connectivity index (χ2n) is 7.18. The Bertz CT molecular complexity index is 870. The van der Waals surface area contributed by atoms with Gasteiger partial charge in [0, 0.05) is 6.92 Å². The first kappa shape index (κ1) is 18.5. The lowest BCUT2D eigenvalue weighted by atomic mass is 9.76. The molecule has 1 amide bonds. The number of benzene rings is 2. The molecule has 2 aliphatic rings. The minimum atomic E-state index is -0.0448. The van der Waals surface area contributed by atoms with Gasteiger partial charge in [-0.15, -0.1) is 0 Å². The van der Waals surface area contributed by atoms with Gasteiger partial charge in [0.15, 0.2) is 23.0 Å². The van der Waals surface area contributed by atoms with E-state index in [0.29, 0.717) is 35.8 Å². The van der Waals surface area contributed by atoms with E-state index < -0.39 is 0 Å². The molecule has 6 nitrogen and oxygen atoms in total. The molecular formula is C22H25NO5. The van der Waals surface area contributed by atoms with E-state index in [1.165, 1.54) is 11.1 Å². The van der Waals surface area contributed by atoms with Crippen LogP contribution in [0.4, 0.5) is 0 Å². The van der Waals surface area contributed by atoms with Crippen LogP contribution in [-0.2, 0) is 17.6 Å². The summed E-state index contributed by atoms with van der Waals surface area (Å²) in [7, 11) is 6.54. The number of fused-ring (bicyclic) bond motifs is 6. The second kappa shape index (κ2) is 6.93. The van der Waals surface area contributed by atoms with Crippen molar-refractivity contribution in [3.63, 3.8) is 0 Å². The minimum absolute atomic E-state index is 0.0448. The highest BCUT2D eigenvalue weighted by atomic mass is 16.5. The van der Waals surface area contributed by atoms with Gasteiger partial charge in [-0.2, -0.15) is 0 Å². The lowest BCUT2D eigenvalue weighted by Gasteiger charge is -2.47. The van der Waals surface area contributed by atoms with Crippen molar-refractivity contribution >= 4 is 5.91 Å². The van der Waals surface area contributed by atoms with Crippen molar-refractivity contribution in [3.05, 3.63) is 46.5 Å². The van der Waals surface area contributed by atoms with Crippen LogP contribution in [0.5, 0.6) is 23.0 Å². The Morgan fingerprint density at radius 1 is 0.750 bits per heavy atom. The zero-order chi connectivity index (χ0) is 20.0. The van der Waals surface area contributed by atoms with Gasteiger partial charge in [-0.1, -0.05) is 0 Å². The zero-order valence-electron chi connectivity index (χ0n) is 16.9. The fraction of sp³-hybridized carbons (Fsp3) is 0.409. The molecule has 0 saturated heterocycles. The van der Waals surface area contributed by atoms with E-state index >= 15 is 0 Å². The van der Waals surface area contributed by atoms with Gasteiger partial charge in [0.25, 0.3) is 0 Å². The SMILES string of the molecule is COc1cc2c(cc1OC)[C@@H]1Cc3cc(OC)c(OC)cc3[C@H](C2)N1C(C)=O. The van der Waals surface area contributed by atoms with Crippen LogP contribution in [0.15, 0.2) is 24.3 Å². The van der Waals surface area contributed by atoms with Crippen molar-refractivity contribution in [3.8, 4) is 23.0 Å². The summed E-state index contributed by atoms with van der Waals surface area (Å²) < 4.78 is 22.0. The van der Waals surface area contributed by atoms with Gasteiger partial charge in [-0.3, -0.25) is 4.79 Å². The summed E-state index contributed by atoms with van der Waals surface area (Å²) in [6.45, 7) is 1.64. The van der Waals surface area contributed by atoms with Gasteiger partial charge in [0.2, 0.25) is 5.91 Å². The van der Waals surface area contributed by atoms with Crippen LogP contribution >= 0.6 is 0 Å². The van der Waals surface area contributed by atoms with Crippen LogP contribution in [0.1, 0.15) is 41.3 Å². The van der Waals surface area contributed by atoms with Crippen molar-refractivity contribution in [2.45, 2.75) is 31.8 Å².